The van der Waals surface area contributed by atoms with Crippen LogP contribution in [0.25, 0.3) is 0 Å². The molecule has 1 N–H and O–H groups in total. The average molecular weight is 207 g/mol. The fourth-order valence-corrected chi connectivity index (χ4v) is 2.11. The van der Waals surface area contributed by atoms with Crippen LogP contribution in [0.4, 0.5) is 0 Å². The molecule has 0 atom stereocenters. The largest absolute Gasteiger partial charge is 0.346 e. The highest BCUT2D eigenvalue weighted by molar-refractivity contribution is 5.73. The molecular weight excluding hydrogens is 190 g/mol. The molecule has 1 saturated heterocycles. The summed E-state index contributed by atoms with van der Waals surface area (Å²) in [4.78, 5) is 20.7. The van der Waals surface area contributed by atoms with Gasteiger partial charge < -0.3 is 9.88 Å². The normalized spacial score (nSPS) is 18.1. The molecule has 0 radical (unpaired) electrons. The van der Waals surface area contributed by atoms with Gasteiger partial charge in [-0.15, -0.1) is 0 Å². The molecule has 4 nitrogen and oxygen atoms in total. The van der Waals surface area contributed by atoms with Gasteiger partial charge in [-0.3, -0.25) is 4.79 Å². The lowest BCUT2D eigenvalue weighted by atomic mass is 9.96. The lowest BCUT2D eigenvalue weighted by Gasteiger charge is -2.30. The van der Waals surface area contributed by atoms with Crippen molar-refractivity contribution in [2.75, 3.05) is 13.1 Å². The number of carbonyl (C=O) groups excluding carboxylic acids is 1. The van der Waals surface area contributed by atoms with Crippen molar-refractivity contribution in [1.29, 1.82) is 0 Å². The Bertz CT molecular complexity index is 350. The first-order chi connectivity index (χ1) is 7.16. The number of nitrogens with zero attached hydrogens (tertiary/aromatic N) is 2. The highest BCUT2D eigenvalue weighted by Gasteiger charge is 2.23. The van der Waals surface area contributed by atoms with Crippen LogP contribution in [-0.4, -0.2) is 33.9 Å². The smallest absolute Gasteiger partial charge is 0.219 e. The monoisotopic (exact) mass is 207 g/mol. The van der Waals surface area contributed by atoms with Crippen molar-refractivity contribution < 1.29 is 4.79 Å². The molecule has 0 bridgehead atoms. The van der Waals surface area contributed by atoms with Gasteiger partial charge in [0.05, 0.1) is 0 Å². The second-order valence-corrected chi connectivity index (χ2v) is 4.23. The second kappa shape index (κ2) is 4.04. The average Bonchev–Trinajstić information content (AvgIpc) is 2.65. The summed E-state index contributed by atoms with van der Waals surface area (Å²) in [6, 6.07) is 0. The minimum atomic E-state index is 0.184. The minimum absolute atomic E-state index is 0.184. The minimum Gasteiger partial charge on any atom is -0.346 e. The van der Waals surface area contributed by atoms with E-state index in [1.54, 1.807) is 6.92 Å². The molecule has 0 saturated carbocycles. The van der Waals surface area contributed by atoms with Gasteiger partial charge in [0.1, 0.15) is 5.82 Å². The van der Waals surface area contributed by atoms with E-state index < -0.39 is 0 Å². The lowest BCUT2D eigenvalue weighted by Crippen LogP contribution is -2.36. The number of aromatic amines is 1. The van der Waals surface area contributed by atoms with Gasteiger partial charge in [0.2, 0.25) is 5.91 Å². The summed E-state index contributed by atoms with van der Waals surface area (Å²) in [7, 11) is 0. The van der Waals surface area contributed by atoms with Crippen LogP contribution in [0.3, 0.4) is 0 Å². The Morgan fingerprint density at radius 1 is 1.53 bits per heavy atom. The first kappa shape index (κ1) is 10.2. The Hall–Kier alpha value is -1.32. The molecule has 1 amide bonds. The molecule has 4 heteroatoms. The third-order valence-electron chi connectivity index (χ3n) is 3.05. The van der Waals surface area contributed by atoms with Crippen molar-refractivity contribution in [3.05, 3.63) is 17.7 Å². The summed E-state index contributed by atoms with van der Waals surface area (Å²) in [5.41, 5.74) is 1.11. The third kappa shape index (κ3) is 2.19. The number of piperidine rings is 1. The number of aromatic nitrogens is 2. The molecular formula is C11H17N3O. The fraction of sp³-hybridized carbons (Fsp3) is 0.636. The van der Waals surface area contributed by atoms with E-state index in [0.29, 0.717) is 5.92 Å². The van der Waals surface area contributed by atoms with Crippen LogP contribution < -0.4 is 0 Å². The van der Waals surface area contributed by atoms with Crippen LogP contribution >= 0.6 is 0 Å². The molecule has 1 aliphatic rings. The molecule has 0 aliphatic carbocycles. The van der Waals surface area contributed by atoms with Gasteiger partial charge in [0.15, 0.2) is 0 Å². The van der Waals surface area contributed by atoms with Crippen molar-refractivity contribution >= 4 is 5.91 Å². The number of hydrogen-bond acceptors (Lipinski definition) is 2. The Labute approximate surface area is 89.7 Å². The van der Waals surface area contributed by atoms with E-state index in [9.17, 15) is 4.79 Å². The van der Waals surface area contributed by atoms with Gasteiger partial charge in [-0.05, 0) is 19.8 Å². The van der Waals surface area contributed by atoms with Gasteiger partial charge in [-0.25, -0.2) is 4.98 Å². The molecule has 0 unspecified atom stereocenters. The van der Waals surface area contributed by atoms with Gasteiger partial charge in [0.25, 0.3) is 0 Å². The van der Waals surface area contributed by atoms with Crippen LogP contribution in [0.15, 0.2) is 6.20 Å². The van der Waals surface area contributed by atoms with E-state index in [4.69, 9.17) is 0 Å². The van der Waals surface area contributed by atoms with Gasteiger partial charge in [-0.1, -0.05) is 0 Å². The van der Waals surface area contributed by atoms with Crippen LogP contribution in [-0.2, 0) is 4.79 Å². The summed E-state index contributed by atoms with van der Waals surface area (Å²) in [6.45, 7) is 5.37. The van der Waals surface area contributed by atoms with Crippen LogP contribution in [0, 0.1) is 6.92 Å². The predicted molar refractivity (Wildman–Crippen MR) is 57.6 cm³/mol. The zero-order valence-corrected chi connectivity index (χ0v) is 9.29. The lowest BCUT2D eigenvalue weighted by molar-refractivity contribution is -0.129. The van der Waals surface area contributed by atoms with E-state index in [1.807, 2.05) is 18.0 Å². The summed E-state index contributed by atoms with van der Waals surface area (Å²) in [5.74, 6) is 1.76. The molecule has 1 aliphatic heterocycles. The Morgan fingerprint density at radius 3 is 2.67 bits per heavy atom. The van der Waals surface area contributed by atoms with Crippen molar-refractivity contribution in [1.82, 2.24) is 14.9 Å². The zero-order valence-electron chi connectivity index (χ0n) is 9.29. The van der Waals surface area contributed by atoms with E-state index in [0.717, 1.165) is 37.4 Å². The molecule has 0 aromatic carbocycles. The quantitative estimate of drug-likeness (QED) is 0.757. The number of nitrogens with one attached hydrogen (secondary N) is 1. The fourth-order valence-electron chi connectivity index (χ4n) is 2.11. The maximum absolute atomic E-state index is 11.1. The second-order valence-electron chi connectivity index (χ2n) is 4.23. The Morgan fingerprint density at radius 2 is 2.20 bits per heavy atom. The number of amides is 1. The molecule has 0 spiro atoms. The van der Waals surface area contributed by atoms with Crippen molar-refractivity contribution in [3.63, 3.8) is 0 Å². The maximum atomic E-state index is 11.1. The number of rotatable bonds is 1. The van der Waals surface area contributed by atoms with E-state index in [1.165, 1.54) is 0 Å². The SMILES string of the molecule is CC(=O)N1CCC(c2ncc(C)[nH]2)CC1. The highest BCUT2D eigenvalue weighted by atomic mass is 16.2. The molecule has 1 fully saturated rings. The summed E-state index contributed by atoms with van der Waals surface area (Å²) in [6.07, 6.45) is 3.91. The van der Waals surface area contributed by atoms with Crippen molar-refractivity contribution in [2.24, 2.45) is 0 Å². The number of likely N-dealkylation sites (tertiary alicyclic amines) is 1. The number of hydrogen-bond donors (Lipinski definition) is 1. The molecule has 15 heavy (non-hydrogen) atoms. The number of imidazole rings is 1. The van der Waals surface area contributed by atoms with Crippen LogP contribution in [0.5, 0.6) is 0 Å². The van der Waals surface area contributed by atoms with Crippen molar-refractivity contribution in [3.8, 4) is 0 Å². The predicted octanol–water partition coefficient (Wildman–Crippen LogP) is 1.44. The Kier molecular flexibility index (Phi) is 2.75. The molecule has 82 valence electrons. The van der Waals surface area contributed by atoms with Crippen molar-refractivity contribution in [2.45, 2.75) is 32.6 Å². The molecule has 1 aromatic rings. The summed E-state index contributed by atoms with van der Waals surface area (Å²) >= 11 is 0. The number of aryl methyl sites for hydroxylation is 1. The van der Waals surface area contributed by atoms with Crippen LogP contribution in [0.2, 0.25) is 0 Å². The van der Waals surface area contributed by atoms with E-state index in [-0.39, 0.29) is 5.91 Å². The first-order valence-electron chi connectivity index (χ1n) is 5.44. The topological polar surface area (TPSA) is 49.0 Å². The number of H-pyrrole nitrogens is 1. The Balaban J connectivity index is 1.96. The first-order valence-corrected chi connectivity index (χ1v) is 5.44. The highest BCUT2D eigenvalue weighted by Crippen LogP contribution is 2.25. The van der Waals surface area contributed by atoms with Gasteiger partial charge >= 0.3 is 0 Å². The van der Waals surface area contributed by atoms with E-state index in [2.05, 4.69) is 9.97 Å². The number of carbonyl (C=O) groups is 1. The molecule has 2 heterocycles. The van der Waals surface area contributed by atoms with Gasteiger partial charge in [0, 0.05) is 37.8 Å². The molecule has 2 rings (SSSR count). The van der Waals surface area contributed by atoms with Gasteiger partial charge in [-0.2, -0.15) is 0 Å². The zero-order chi connectivity index (χ0) is 10.8. The summed E-state index contributed by atoms with van der Waals surface area (Å²) < 4.78 is 0. The standard InChI is InChI=1S/C11H17N3O/c1-8-7-12-11(13-8)10-3-5-14(6-4-10)9(2)15/h7,10H,3-6H2,1-2H3,(H,12,13). The summed E-state index contributed by atoms with van der Waals surface area (Å²) in [5, 5.41) is 0. The van der Waals surface area contributed by atoms with Crippen LogP contribution in [0.1, 0.15) is 37.2 Å². The van der Waals surface area contributed by atoms with E-state index >= 15 is 0 Å². The molecule has 1 aromatic heterocycles. The maximum Gasteiger partial charge on any atom is 0.219 e. The third-order valence-corrected chi connectivity index (χ3v) is 3.05.